The van der Waals surface area contributed by atoms with E-state index in [9.17, 15) is 8.42 Å². The number of benzene rings is 1. The first-order valence-corrected chi connectivity index (χ1v) is 6.62. The number of pyridine rings is 1. The number of hydrogen-bond donors (Lipinski definition) is 1. The molecule has 0 fully saturated rings. The lowest BCUT2D eigenvalue weighted by molar-refractivity contribution is 0.344. The van der Waals surface area contributed by atoms with Crippen LogP contribution in [0.2, 0.25) is 0 Å². The number of aromatic nitrogens is 1. The number of nitrogens with zero attached hydrogens (tertiary/aromatic N) is 1. The van der Waals surface area contributed by atoms with Crippen molar-refractivity contribution in [3.63, 3.8) is 0 Å². The van der Waals surface area contributed by atoms with Gasteiger partial charge in [0.2, 0.25) is 10.0 Å². The van der Waals surface area contributed by atoms with Gasteiger partial charge >= 0.3 is 0 Å². The van der Waals surface area contributed by atoms with Crippen LogP contribution in [-0.4, -0.2) is 20.0 Å². The first kappa shape index (κ1) is 11.8. The van der Waals surface area contributed by atoms with E-state index in [-0.39, 0.29) is 4.90 Å². The third kappa shape index (κ3) is 2.22. The van der Waals surface area contributed by atoms with Crippen LogP contribution in [0, 0.1) is 0 Å². The first-order valence-electron chi connectivity index (χ1n) is 5.07. The molecule has 2 rings (SSSR count). The van der Waals surface area contributed by atoms with Crippen molar-refractivity contribution >= 4 is 20.9 Å². The molecule has 0 spiro atoms. The Hall–Kier alpha value is -1.66. The van der Waals surface area contributed by atoms with Gasteiger partial charge in [-0.05, 0) is 31.2 Å². The molecule has 0 amide bonds. The lowest BCUT2D eigenvalue weighted by Crippen LogP contribution is -2.13. The lowest BCUT2D eigenvalue weighted by Gasteiger charge is -2.09. The standard InChI is InChI=1S/C11H12N2O3S/c1-2-16-9-5-6-10(17(12,14)15)11-8(9)4-3-7-13-11/h3-7H,2H2,1H3,(H2,12,14,15). The molecular formula is C11H12N2O3S. The summed E-state index contributed by atoms with van der Waals surface area (Å²) in [5.74, 6) is 0.600. The number of fused-ring (bicyclic) bond motifs is 1. The van der Waals surface area contributed by atoms with Gasteiger partial charge in [-0.1, -0.05) is 0 Å². The van der Waals surface area contributed by atoms with Gasteiger partial charge in [-0.15, -0.1) is 0 Å². The molecule has 0 aliphatic heterocycles. The Morgan fingerprint density at radius 3 is 2.76 bits per heavy atom. The van der Waals surface area contributed by atoms with Gasteiger partial charge in [0.1, 0.15) is 10.6 Å². The normalized spacial score (nSPS) is 11.6. The molecule has 0 saturated heterocycles. The zero-order valence-corrected chi connectivity index (χ0v) is 10.1. The molecule has 1 aromatic heterocycles. The summed E-state index contributed by atoms with van der Waals surface area (Å²) < 4.78 is 28.2. The maximum atomic E-state index is 11.4. The summed E-state index contributed by atoms with van der Waals surface area (Å²) in [6, 6.07) is 6.47. The molecular weight excluding hydrogens is 240 g/mol. The Morgan fingerprint density at radius 1 is 1.35 bits per heavy atom. The Labute approximate surface area is 99.3 Å². The molecule has 0 bridgehead atoms. The SMILES string of the molecule is CCOc1ccc(S(N)(=O)=O)c2ncccc12. The van der Waals surface area contributed by atoms with Crippen molar-refractivity contribution in [1.82, 2.24) is 4.98 Å². The van der Waals surface area contributed by atoms with Crippen LogP contribution in [0.15, 0.2) is 35.4 Å². The number of hydrogen-bond acceptors (Lipinski definition) is 4. The van der Waals surface area contributed by atoms with E-state index in [2.05, 4.69) is 4.98 Å². The molecule has 0 aliphatic carbocycles. The quantitative estimate of drug-likeness (QED) is 0.892. The van der Waals surface area contributed by atoms with Crippen LogP contribution in [0.5, 0.6) is 5.75 Å². The van der Waals surface area contributed by atoms with Crippen LogP contribution in [0.3, 0.4) is 0 Å². The summed E-state index contributed by atoms with van der Waals surface area (Å²) in [6.45, 7) is 2.36. The van der Waals surface area contributed by atoms with Crippen molar-refractivity contribution in [2.24, 2.45) is 5.14 Å². The van der Waals surface area contributed by atoms with Gasteiger partial charge in [0.15, 0.2) is 0 Å². The minimum absolute atomic E-state index is 0.0107. The van der Waals surface area contributed by atoms with Gasteiger partial charge in [-0.3, -0.25) is 4.98 Å². The highest BCUT2D eigenvalue weighted by Crippen LogP contribution is 2.28. The van der Waals surface area contributed by atoms with Gasteiger partial charge in [-0.2, -0.15) is 0 Å². The molecule has 5 nitrogen and oxygen atoms in total. The summed E-state index contributed by atoms with van der Waals surface area (Å²) in [4.78, 5) is 4.06. The molecule has 6 heteroatoms. The number of nitrogens with two attached hydrogens (primary N) is 1. The summed E-state index contributed by atoms with van der Waals surface area (Å²) in [6.07, 6.45) is 1.52. The predicted octanol–water partition coefficient (Wildman–Crippen LogP) is 1.28. The summed E-state index contributed by atoms with van der Waals surface area (Å²) >= 11 is 0. The molecule has 0 aliphatic rings. The predicted molar refractivity (Wildman–Crippen MR) is 64.3 cm³/mol. The highest BCUT2D eigenvalue weighted by atomic mass is 32.2. The monoisotopic (exact) mass is 252 g/mol. The second kappa shape index (κ2) is 4.31. The average Bonchev–Trinajstić information content (AvgIpc) is 2.28. The molecule has 0 atom stereocenters. The first-order chi connectivity index (χ1) is 8.04. The lowest BCUT2D eigenvalue weighted by atomic mass is 10.2. The van der Waals surface area contributed by atoms with Gasteiger partial charge in [0.05, 0.1) is 12.1 Å². The highest BCUT2D eigenvalue weighted by molar-refractivity contribution is 7.89. The summed E-state index contributed by atoms with van der Waals surface area (Å²) in [5, 5.41) is 5.78. The van der Waals surface area contributed by atoms with Gasteiger partial charge < -0.3 is 4.74 Å². The van der Waals surface area contributed by atoms with Gasteiger partial charge in [-0.25, -0.2) is 13.6 Å². The molecule has 0 saturated carbocycles. The minimum atomic E-state index is -3.78. The van der Waals surface area contributed by atoms with Crippen LogP contribution in [0.1, 0.15) is 6.92 Å². The van der Waals surface area contributed by atoms with Gasteiger partial charge in [0.25, 0.3) is 0 Å². The maximum absolute atomic E-state index is 11.4. The Bertz CT molecular complexity index is 653. The zero-order chi connectivity index (χ0) is 12.5. The molecule has 17 heavy (non-hydrogen) atoms. The van der Waals surface area contributed by atoms with Crippen molar-refractivity contribution < 1.29 is 13.2 Å². The molecule has 1 aromatic carbocycles. The Balaban J connectivity index is 2.80. The summed E-state index contributed by atoms with van der Waals surface area (Å²) in [5.41, 5.74) is 0.334. The van der Waals surface area contributed by atoms with Crippen LogP contribution in [0.4, 0.5) is 0 Å². The fraction of sp³-hybridized carbons (Fsp3) is 0.182. The second-order valence-corrected chi connectivity index (χ2v) is 4.97. The molecule has 1 heterocycles. The van der Waals surface area contributed by atoms with Crippen LogP contribution >= 0.6 is 0 Å². The Kier molecular flexibility index (Phi) is 2.99. The number of ether oxygens (including phenoxy) is 1. The number of primary sulfonamides is 1. The third-order valence-electron chi connectivity index (χ3n) is 2.30. The fourth-order valence-electron chi connectivity index (χ4n) is 1.63. The van der Waals surface area contributed by atoms with E-state index < -0.39 is 10.0 Å². The van der Waals surface area contributed by atoms with Crippen molar-refractivity contribution in [3.8, 4) is 5.75 Å². The van der Waals surface area contributed by atoms with E-state index in [0.29, 0.717) is 23.3 Å². The second-order valence-electron chi connectivity index (χ2n) is 3.44. The molecule has 0 radical (unpaired) electrons. The average molecular weight is 252 g/mol. The third-order valence-corrected chi connectivity index (χ3v) is 3.24. The van der Waals surface area contributed by atoms with E-state index in [1.807, 2.05) is 6.92 Å². The minimum Gasteiger partial charge on any atom is -0.493 e. The van der Waals surface area contributed by atoms with E-state index in [1.54, 1.807) is 18.2 Å². The zero-order valence-electron chi connectivity index (χ0n) is 9.25. The van der Waals surface area contributed by atoms with Crippen molar-refractivity contribution in [2.75, 3.05) is 6.61 Å². The Morgan fingerprint density at radius 2 is 2.12 bits per heavy atom. The van der Waals surface area contributed by atoms with Crippen molar-refractivity contribution in [3.05, 3.63) is 30.5 Å². The van der Waals surface area contributed by atoms with Crippen LogP contribution < -0.4 is 9.88 Å². The molecule has 90 valence electrons. The fourth-order valence-corrected chi connectivity index (χ4v) is 2.32. The van der Waals surface area contributed by atoms with E-state index >= 15 is 0 Å². The van der Waals surface area contributed by atoms with Crippen LogP contribution in [-0.2, 0) is 10.0 Å². The number of rotatable bonds is 3. The molecule has 2 aromatic rings. The number of sulfonamides is 1. The van der Waals surface area contributed by atoms with E-state index in [1.165, 1.54) is 12.3 Å². The maximum Gasteiger partial charge on any atom is 0.240 e. The van der Waals surface area contributed by atoms with E-state index in [4.69, 9.17) is 9.88 Å². The highest BCUT2D eigenvalue weighted by Gasteiger charge is 2.15. The van der Waals surface area contributed by atoms with Gasteiger partial charge in [0, 0.05) is 11.6 Å². The topological polar surface area (TPSA) is 82.3 Å². The smallest absolute Gasteiger partial charge is 0.240 e. The van der Waals surface area contributed by atoms with Crippen molar-refractivity contribution in [1.29, 1.82) is 0 Å². The summed E-state index contributed by atoms with van der Waals surface area (Å²) in [7, 11) is -3.78. The molecule has 2 N–H and O–H groups in total. The van der Waals surface area contributed by atoms with Crippen molar-refractivity contribution in [2.45, 2.75) is 11.8 Å². The van der Waals surface area contributed by atoms with E-state index in [0.717, 1.165) is 0 Å². The largest absolute Gasteiger partial charge is 0.493 e. The van der Waals surface area contributed by atoms with Crippen LogP contribution in [0.25, 0.3) is 10.9 Å². The molecule has 0 unspecified atom stereocenters.